The Bertz CT molecular complexity index is 629. The van der Waals surface area contributed by atoms with Gasteiger partial charge in [0.15, 0.2) is 0 Å². The Hall–Kier alpha value is -2.28. The van der Waals surface area contributed by atoms with Crippen LogP contribution in [-0.4, -0.2) is 20.9 Å². The van der Waals surface area contributed by atoms with Crippen LogP contribution in [0.1, 0.15) is 33.4 Å². The molecule has 2 heterocycles. The van der Waals surface area contributed by atoms with Crippen molar-refractivity contribution in [1.29, 1.82) is 0 Å². The third-order valence-electron chi connectivity index (χ3n) is 2.75. The second-order valence-corrected chi connectivity index (χ2v) is 4.67. The van der Waals surface area contributed by atoms with Crippen molar-refractivity contribution in [3.63, 3.8) is 0 Å². The van der Waals surface area contributed by atoms with Crippen molar-refractivity contribution in [3.05, 3.63) is 46.9 Å². The highest BCUT2D eigenvalue weighted by Gasteiger charge is 2.10. The molecule has 0 atom stereocenters. The van der Waals surface area contributed by atoms with Gasteiger partial charge in [-0.15, -0.1) is 0 Å². The Morgan fingerprint density at radius 1 is 1.45 bits per heavy atom. The second kappa shape index (κ2) is 5.79. The summed E-state index contributed by atoms with van der Waals surface area (Å²) in [6, 6.07) is 3.22. The van der Waals surface area contributed by atoms with Crippen molar-refractivity contribution in [1.82, 2.24) is 15.3 Å². The second-order valence-electron chi connectivity index (χ2n) is 4.23. The number of pyridine rings is 1. The lowest BCUT2D eigenvalue weighted by molar-refractivity contribution is 0.0942. The Balaban J connectivity index is 1.99. The lowest BCUT2D eigenvalue weighted by Crippen LogP contribution is -2.24. The molecule has 0 saturated carbocycles. The first-order chi connectivity index (χ1) is 9.47. The minimum atomic E-state index is -0.312. The van der Waals surface area contributed by atoms with Crippen LogP contribution in [0.15, 0.2) is 22.7 Å². The summed E-state index contributed by atoms with van der Waals surface area (Å²) in [5, 5.41) is 2.68. The van der Waals surface area contributed by atoms with Gasteiger partial charge >= 0.3 is 0 Å². The molecular weight excluding hydrogens is 276 g/mol. The van der Waals surface area contributed by atoms with Gasteiger partial charge in [-0.2, -0.15) is 0 Å². The number of aromatic nitrogens is 2. The summed E-state index contributed by atoms with van der Waals surface area (Å²) in [6.07, 6.45) is 1.47. The molecule has 2 rings (SSSR count). The van der Waals surface area contributed by atoms with Crippen molar-refractivity contribution in [3.8, 4) is 0 Å². The average Bonchev–Trinajstić information content (AvgIpc) is 2.75. The van der Waals surface area contributed by atoms with E-state index in [4.69, 9.17) is 22.4 Å². The number of carbonyl (C=O) groups excluding carboxylic acids is 1. The number of aryl methyl sites for hydroxylation is 2. The third-order valence-corrected chi connectivity index (χ3v) is 2.99. The minimum absolute atomic E-state index is 0.215. The topological polar surface area (TPSA) is 94.0 Å². The maximum absolute atomic E-state index is 11.9. The molecule has 2 aromatic heterocycles. The first-order valence-electron chi connectivity index (χ1n) is 5.94. The van der Waals surface area contributed by atoms with Crippen molar-refractivity contribution in [2.45, 2.75) is 20.4 Å². The zero-order valence-corrected chi connectivity index (χ0v) is 12.0. The monoisotopic (exact) mass is 290 g/mol. The molecule has 20 heavy (non-hydrogen) atoms. The molecule has 0 unspecified atom stereocenters. The number of hydrogen-bond donors (Lipinski definition) is 2. The SMILES string of the molecule is Cc1nc(CNC(=O)c2ccc(C(N)=S)cn2)oc1C. The number of thiocarbonyl (C=S) groups is 1. The van der Waals surface area contributed by atoms with Crippen molar-refractivity contribution in [2.75, 3.05) is 0 Å². The zero-order chi connectivity index (χ0) is 14.7. The van der Waals surface area contributed by atoms with Crippen LogP contribution < -0.4 is 11.1 Å². The molecule has 0 saturated heterocycles. The molecular formula is C13H14N4O2S. The zero-order valence-electron chi connectivity index (χ0n) is 11.1. The van der Waals surface area contributed by atoms with E-state index in [0.29, 0.717) is 11.5 Å². The number of amides is 1. The van der Waals surface area contributed by atoms with E-state index in [1.54, 1.807) is 12.1 Å². The van der Waals surface area contributed by atoms with Crippen LogP contribution in [0.5, 0.6) is 0 Å². The summed E-state index contributed by atoms with van der Waals surface area (Å²) in [7, 11) is 0. The molecule has 6 nitrogen and oxygen atoms in total. The van der Waals surface area contributed by atoms with Gasteiger partial charge in [-0.05, 0) is 26.0 Å². The first-order valence-corrected chi connectivity index (χ1v) is 6.35. The highest BCUT2D eigenvalue weighted by atomic mass is 32.1. The number of rotatable bonds is 4. The standard InChI is InChI=1S/C13H14N4O2S/c1-7-8(2)19-11(17-7)6-16-13(18)10-4-3-9(5-15-10)12(14)20/h3-5H,6H2,1-2H3,(H2,14,20)(H,16,18). The fourth-order valence-corrected chi connectivity index (χ4v) is 1.66. The lowest BCUT2D eigenvalue weighted by atomic mass is 10.2. The van der Waals surface area contributed by atoms with E-state index in [1.807, 2.05) is 13.8 Å². The number of oxazole rings is 1. The molecule has 0 aliphatic rings. The fraction of sp³-hybridized carbons (Fsp3) is 0.231. The molecule has 0 aromatic carbocycles. The first kappa shape index (κ1) is 14.1. The highest BCUT2D eigenvalue weighted by molar-refractivity contribution is 7.80. The van der Waals surface area contributed by atoms with Gasteiger partial charge in [0.2, 0.25) is 5.89 Å². The Labute approximate surface area is 121 Å². The van der Waals surface area contributed by atoms with Gasteiger partial charge in [0, 0.05) is 11.8 Å². The van der Waals surface area contributed by atoms with Gasteiger partial charge in [-0.3, -0.25) is 9.78 Å². The van der Waals surface area contributed by atoms with E-state index in [1.165, 1.54) is 6.20 Å². The van der Waals surface area contributed by atoms with E-state index in [-0.39, 0.29) is 23.1 Å². The highest BCUT2D eigenvalue weighted by Crippen LogP contribution is 2.08. The van der Waals surface area contributed by atoms with Gasteiger partial charge in [0.05, 0.1) is 12.2 Å². The smallest absolute Gasteiger partial charge is 0.270 e. The maximum atomic E-state index is 11.9. The van der Waals surface area contributed by atoms with Crippen molar-refractivity contribution in [2.24, 2.45) is 5.73 Å². The van der Waals surface area contributed by atoms with Crippen LogP contribution in [0.2, 0.25) is 0 Å². The molecule has 104 valence electrons. The minimum Gasteiger partial charge on any atom is -0.444 e. The lowest BCUT2D eigenvalue weighted by Gasteiger charge is -2.03. The summed E-state index contributed by atoms with van der Waals surface area (Å²) in [4.78, 5) is 20.3. The molecule has 0 aliphatic carbocycles. The van der Waals surface area contributed by atoms with Crippen LogP contribution in [-0.2, 0) is 6.54 Å². The van der Waals surface area contributed by atoms with Crippen LogP contribution in [0.25, 0.3) is 0 Å². The van der Waals surface area contributed by atoms with Gasteiger partial charge in [-0.1, -0.05) is 12.2 Å². The molecule has 0 fully saturated rings. The Kier molecular flexibility index (Phi) is 4.09. The molecule has 0 bridgehead atoms. The summed E-state index contributed by atoms with van der Waals surface area (Å²) < 4.78 is 5.37. The third kappa shape index (κ3) is 3.18. The summed E-state index contributed by atoms with van der Waals surface area (Å²) in [6.45, 7) is 3.88. The summed E-state index contributed by atoms with van der Waals surface area (Å²) in [5.41, 5.74) is 7.18. The molecule has 0 radical (unpaired) electrons. The van der Waals surface area contributed by atoms with E-state index in [9.17, 15) is 4.79 Å². The molecule has 0 aliphatic heterocycles. The number of hydrogen-bond acceptors (Lipinski definition) is 5. The Morgan fingerprint density at radius 3 is 2.70 bits per heavy atom. The molecule has 2 aromatic rings. The van der Waals surface area contributed by atoms with Gasteiger partial charge in [0.1, 0.15) is 16.4 Å². The quantitative estimate of drug-likeness (QED) is 0.823. The number of nitrogens with one attached hydrogen (secondary N) is 1. The number of nitrogens with two attached hydrogens (primary N) is 1. The van der Waals surface area contributed by atoms with E-state index < -0.39 is 0 Å². The van der Waals surface area contributed by atoms with Crippen molar-refractivity contribution < 1.29 is 9.21 Å². The molecule has 3 N–H and O–H groups in total. The molecule has 0 spiro atoms. The van der Waals surface area contributed by atoms with Crippen LogP contribution in [0.4, 0.5) is 0 Å². The fourth-order valence-electron chi connectivity index (χ4n) is 1.54. The summed E-state index contributed by atoms with van der Waals surface area (Å²) >= 11 is 4.82. The van der Waals surface area contributed by atoms with Gasteiger partial charge in [0.25, 0.3) is 5.91 Å². The van der Waals surface area contributed by atoms with Gasteiger partial charge < -0.3 is 15.5 Å². The molecule has 1 amide bonds. The Morgan fingerprint density at radius 2 is 2.20 bits per heavy atom. The predicted octanol–water partition coefficient (Wildman–Crippen LogP) is 1.25. The van der Waals surface area contributed by atoms with Crippen LogP contribution in [0.3, 0.4) is 0 Å². The predicted molar refractivity (Wildman–Crippen MR) is 77.3 cm³/mol. The van der Waals surface area contributed by atoms with E-state index in [0.717, 1.165) is 11.5 Å². The normalized spacial score (nSPS) is 10.3. The van der Waals surface area contributed by atoms with Gasteiger partial charge in [-0.25, -0.2) is 4.98 Å². The largest absolute Gasteiger partial charge is 0.444 e. The van der Waals surface area contributed by atoms with E-state index in [2.05, 4.69) is 15.3 Å². The maximum Gasteiger partial charge on any atom is 0.270 e. The van der Waals surface area contributed by atoms with Crippen LogP contribution >= 0.6 is 12.2 Å². The van der Waals surface area contributed by atoms with Crippen molar-refractivity contribution >= 4 is 23.1 Å². The number of carbonyl (C=O) groups is 1. The molecule has 7 heteroatoms. The van der Waals surface area contributed by atoms with Crippen LogP contribution in [0, 0.1) is 13.8 Å². The van der Waals surface area contributed by atoms with E-state index >= 15 is 0 Å². The number of nitrogens with zero attached hydrogens (tertiary/aromatic N) is 2. The summed E-state index contributed by atoms with van der Waals surface area (Å²) in [5.74, 6) is 0.897. The average molecular weight is 290 g/mol.